The summed E-state index contributed by atoms with van der Waals surface area (Å²) in [4.78, 5) is 17.9. The third kappa shape index (κ3) is 3.42. The molecule has 0 saturated heterocycles. The molecule has 25 heavy (non-hydrogen) atoms. The van der Waals surface area contributed by atoms with E-state index in [0.29, 0.717) is 11.2 Å². The summed E-state index contributed by atoms with van der Waals surface area (Å²) in [6.45, 7) is 5.02. The number of nitrogens with one attached hydrogen (secondary N) is 1. The van der Waals surface area contributed by atoms with E-state index >= 15 is 0 Å². The fraction of sp³-hybridized carbons (Fsp3) is 0.300. The number of para-hydroxylation sites is 1. The molecule has 0 amide bonds. The first-order chi connectivity index (χ1) is 12.2. The molecule has 1 N–H and O–H groups in total. The maximum atomic E-state index is 13.1. The Labute approximate surface area is 147 Å². The number of rotatable bonds is 6. The van der Waals surface area contributed by atoms with Crippen LogP contribution in [0.1, 0.15) is 32.1 Å². The van der Waals surface area contributed by atoms with Crippen molar-refractivity contribution in [1.82, 2.24) is 14.9 Å². The first-order valence-corrected chi connectivity index (χ1v) is 8.55. The van der Waals surface area contributed by atoms with Crippen LogP contribution in [0.4, 0.5) is 0 Å². The minimum absolute atomic E-state index is 0.0423. The molecule has 0 bridgehead atoms. The fourth-order valence-corrected chi connectivity index (χ4v) is 2.87. The molecular weight excluding hydrogens is 314 g/mol. The standard InChI is InChI=1S/C20H23N3O2/c1-4-13-21-14(2)19-22-18-8-6-5-7-17(18)20(24)23(19)15-9-11-16(25-3)12-10-15/h5-12,14,21H,4,13H2,1-3H3/t14-/m0/s1. The molecule has 0 aliphatic rings. The lowest BCUT2D eigenvalue weighted by Crippen LogP contribution is -2.30. The quantitative estimate of drug-likeness (QED) is 0.748. The van der Waals surface area contributed by atoms with Gasteiger partial charge >= 0.3 is 0 Å². The molecule has 0 spiro atoms. The number of nitrogens with zero attached hydrogens (tertiary/aromatic N) is 2. The molecule has 1 aromatic heterocycles. The number of methoxy groups -OCH3 is 1. The van der Waals surface area contributed by atoms with Crippen molar-refractivity contribution in [3.8, 4) is 11.4 Å². The highest BCUT2D eigenvalue weighted by molar-refractivity contribution is 5.77. The summed E-state index contributed by atoms with van der Waals surface area (Å²) < 4.78 is 6.91. The molecule has 0 saturated carbocycles. The lowest BCUT2D eigenvalue weighted by molar-refractivity contribution is 0.414. The average Bonchev–Trinajstić information content (AvgIpc) is 2.66. The summed E-state index contributed by atoms with van der Waals surface area (Å²) in [6, 6.07) is 14.9. The summed E-state index contributed by atoms with van der Waals surface area (Å²) in [5.41, 5.74) is 1.44. The van der Waals surface area contributed by atoms with Crippen molar-refractivity contribution in [2.75, 3.05) is 13.7 Å². The van der Waals surface area contributed by atoms with Crippen molar-refractivity contribution in [1.29, 1.82) is 0 Å². The molecule has 0 aliphatic carbocycles. The van der Waals surface area contributed by atoms with E-state index in [1.807, 2.05) is 55.5 Å². The third-order valence-electron chi connectivity index (χ3n) is 4.22. The molecule has 2 aromatic carbocycles. The molecule has 0 radical (unpaired) electrons. The highest BCUT2D eigenvalue weighted by Crippen LogP contribution is 2.20. The van der Waals surface area contributed by atoms with Gasteiger partial charge in [0.2, 0.25) is 0 Å². The number of aromatic nitrogens is 2. The second-order valence-corrected chi connectivity index (χ2v) is 6.00. The van der Waals surface area contributed by atoms with Crippen LogP contribution in [0.15, 0.2) is 53.3 Å². The van der Waals surface area contributed by atoms with Gasteiger partial charge < -0.3 is 10.1 Å². The minimum atomic E-state index is -0.0593. The summed E-state index contributed by atoms with van der Waals surface area (Å²) in [6.07, 6.45) is 1.02. The Kier molecular flexibility index (Phi) is 5.14. The van der Waals surface area contributed by atoms with Gasteiger partial charge in [0.25, 0.3) is 5.56 Å². The largest absolute Gasteiger partial charge is 0.497 e. The maximum absolute atomic E-state index is 13.1. The van der Waals surface area contributed by atoms with Crippen LogP contribution in [0.25, 0.3) is 16.6 Å². The van der Waals surface area contributed by atoms with Crippen LogP contribution >= 0.6 is 0 Å². The predicted octanol–water partition coefficient (Wildman–Crippen LogP) is 3.45. The van der Waals surface area contributed by atoms with Gasteiger partial charge in [-0.2, -0.15) is 0 Å². The topological polar surface area (TPSA) is 56.2 Å². The first kappa shape index (κ1) is 17.2. The van der Waals surface area contributed by atoms with Crippen LogP contribution in [0.2, 0.25) is 0 Å². The zero-order valence-electron chi connectivity index (χ0n) is 14.8. The van der Waals surface area contributed by atoms with E-state index in [-0.39, 0.29) is 11.6 Å². The lowest BCUT2D eigenvalue weighted by atomic mass is 10.2. The number of fused-ring (bicyclic) bond motifs is 1. The summed E-state index contributed by atoms with van der Waals surface area (Å²) >= 11 is 0. The number of hydrogen-bond acceptors (Lipinski definition) is 4. The van der Waals surface area contributed by atoms with E-state index in [2.05, 4.69) is 12.2 Å². The van der Waals surface area contributed by atoms with Crippen LogP contribution in [0, 0.1) is 0 Å². The first-order valence-electron chi connectivity index (χ1n) is 8.55. The Morgan fingerprint density at radius 1 is 1.16 bits per heavy atom. The third-order valence-corrected chi connectivity index (χ3v) is 4.22. The predicted molar refractivity (Wildman–Crippen MR) is 101 cm³/mol. The van der Waals surface area contributed by atoms with Crippen molar-refractivity contribution in [2.24, 2.45) is 0 Å². The zero-order chi connectivity index (χ0) is 17.8. The molecule has 0 unspecified atom stereocenters. The van der Waals surface area contributed by atoms with Gasteiger partial charge in [-0.25, -0.2) is 4.98 Å². The monoisotopic (exact) mass is 337 g/mol. The van der Waals surface area contributed by atoms with E-state index in [4.69, 9.17) is 9.72 Å². The van der Waals surface area contributed by atoms with Gasteiger partial charge in [-0.15, -0.1) is 0 Å². The number of hydrogen-bond donors (Lipinski definition) is 1. The minimum Gasteiger partial charge on any atom is -0.497 e. The van der Waals surface area contributed by atoms with Gasteiger partial charge in [0.05, 0.1) is 29.7 Å². The Balaban J connectivity index is 2.22. The molecule has 5 nitrogen and oxygen atoms in total. The van der Waals surface area contributed by atoms with Gasteiger partial charge in [0, 0.05) is 0 Å². The fourth-order valence-electron chi connectivity index (χ4n) is 2.87. The molecule has 0 fully saturated rings. The Morgan fingerprint density at radius 2 is 1.88 bits per heavy atom. The Morgan fingerprint density at radius 3 is 2.56 bits per heavy atom. The van der Waals surface area contributed by atoms with Crippen LogP contribution in [0.3, 0.4) is 0 Å². The molecule has 3 aromatic rings. The molecule has 130 valence electrons. The van der Waals surface area contributed by atoms with Crippen molar-refractivity contribution < 1.29 is 4.74 Å². The van der Waals surface area contributed by atoms with Crippen molar-refractivity contribution >= 4 is 10.9 Å². The number of benzene rings is 2. The molecule has 1 atom stereocenters. The smallest absolute Gasteiger partial charge is 0.266 e. The molecular formula is C20H23N3O2. The second kappa shape index (κ2) is 7.49. The van der Waals surface area contributed by atoms with Crippen molar-refractivity contribution in [3.05, 3.63) is 64.7 Å². The SMILES string of the molecule is CCCN[C@@H](C)c1nc2ccccc2c(=O)n1-c1ccc(OC)cc1. The Bertz CT molecular complexity index is 916. The van der Waals surface area contributed by atoms with Gasteiger partial charge in [0.1, 0.15) is 11.6 Å². The molecule has 0 aliphatic heterocycles. The number of ether oxygens (including phenoxy) is 1. The lowest BCUT2D eigenvalue weighted by Gasteiger charge is -2.19. The highest BCUT2D eigenvalue weighted by Gasteiger charge is 2.17. The summed E-state index contributed by atoms with van der Waals surface area (Å²) in [5, 5.41) is 4.04. The summed E-state index contributed by atoms with van der Waals surface area (Å²) in [7, 11) is 1.63. The van der Waals surface area contributed by atoms with E-state index in [1.165, 1.54) is 0 Å². The maximum Gasteiger partial charge on any atom is 0.266 e. The van der Waals surface area contributed by atoms with Gasteiger partial charge in [-0.3, -0.25) is 9.36 Å². The van der Waals surface area contributed by atoms with Crippen LogP contribution in [-0.4, -0.2) is 23.2 Å². The molecule has 3 rings (SSSR count). The highest BCUT2D eigenvalue weighted by atomic mass is 16.5. The van der Waals surface area contributed by atoms with E-state index in [1.54, 1.807) is 11.7 Å². The van der Waals surface area contributed by atoms with Crippen molar-refractivity contribution in [2.45, 2.75) is 26.3 Å². The van der Waals surface area contributed by atoms with Gasteiger partial charge in [-0.05, 0) is 56.3 Å². The van der Waals surface area contributed by atoms with E-state index < -0.39 is 0 Å². The zero-order valence-corrected chi connectivity index (χ0v) is 14.8. The van der Waals surface area contributed by atoms with Crippen molar-refractivity contribution in [3.63, 3.8) is 0 Å². The molecule has 5 heteroatoms. The van der Waals surface area contributed by atoms with Crippen LogP contribution in [-0.2, 0) is 0 Å². The van der Waals surface area contributed by atoms with E-state index in [0.717, 1.165) is 29.9 Å². The van der Waals surface area contributed by atoms with Crippen LogP contribution < -0.4 is 15.6 Å². The molecule has 1 heterocycles. The normalized spacial score (nSPS) is 12.3. The Hall–Kier alpha value is -2.66. The van der Waals surface area contributed by atoms with Gasteiger partial charge in [0.15, 0.2) is 0 Å². The second-order valence-electron chi connectivity index (χ2n) is 6.00. The van der Waals surface area contributed by atoms with Gasteiger partial charge in [-0.1, -0.05) is 19.1 Å². The average molecular weight is 337 g/mol. The summed E-state index contributed by atoms with van der Waals surface area (Å²) in [5.74, 6) is 1.46. The van der Waals surface area contributed by atoms with Crippen LogP contribution in [0.5, 0.6) is 5.75 Å². The van der Waals surface area contributed by atoms with E-state index in [9.17, 15) is 4.79 Å².